The van der Waals surface area contributed by atoms with Crippen LogP contribution in [0.15, 0.2) is 29.1 Å². The van der Waals surface area contributed by atoms with Crippen molar-refractivity contribution in [3.8, 4) is 0 Å². The van der Waals surface area contributed by atoms with E-state index < -0.39 is 41.5 Å². The Bertz CT molecular complexity index is 1130. The highest BCUT2D eigenvalue weighted by Gasteiger charge is 2.52. The Kier molecular flexibility index (Phi) is 5.17. The number of nitrogens with zero attached hydrogens (tertiary/aromatic N) is 2. The zero-order valence-electron chi connectivity index (χ0n) is 16.8. The zero-order valence-corrected chi connectivity index (χ0v) is 16.8. The van der Waals surface area contributed by atoms with Crippen LogP contribution in [-0.4, -0.2) is 51.2 Å². The van der Waals surface area contributed by atoms with Crippen LogP contribution in [0, 0.1) is 5.92 Å². The fraction of sp³-hybridized carbons (Fsp3) is 0.400. The molecule has 0 radical (unpaired) electrons. The molecule has 0 unspecified atom stereocenters. The molecule has 1 spiro atoms. The van der Waals surface area contributed by atoms with Crippen LogP contribution in [0.5, 0.6) is 0 Å². The number of amides is 4. The molecule has 4 rings (SSSR count). The van der Waals surface area contributed by atoms with E-state index in [1.165, 1.54) is 12.1 Å². The van der Waals surface area contributed by atoms with Crippen LogP contribution in [0.25, 0.3) is 10.8 Å². The van der Waals surface area contributed by atoms with E-state index in [9.17, 15) is 24.0 Å². The second-order valence-corrected chi connectivity index (χ2v) is 7.89. The molecule has 1 aliphatic heterocycles. The van der Waals surface area contributed by atoms with Crippen LogP contribution >= 0.6 is 0 Å². The second kappa shape index (κ2) is 7.82. The standard InChI is InChI=1S/C20H21N5O6/c1-11-6-8-20(9-7-11)18(29)25(19(30)21-20)24-14(26)10-31-17(28)15-12-4-2-3-5-13(12)16(27)23-22-15/h2-5,11H,6-10H2,1H3,(H,21,30)(H,23,27)(H,24,26). The van der Waals surface area contributed by atoms with Gasteiger partial charge in [0.15, 0.2) is 12.3 Å². The molecule has 2 heterocycles. The van der Waals surface area contributed by atoms with E-state index >= 15 is 0 Å². The minimum Gasteiger partial charge on any atom is -0.451 e. The average Bonchev–Trinajstić information content (AvgIpc) is 2.99. The minimum atomic E-state index is -0.994. The Labute approximate surface area is 176 Å². The third kappa shape index (κ3) is 3.74. The quantitative estimate of drug-likeness (QED) is 0.478. The summed E-state index contributed by atoms with van der Waals surface area (Å²) in [6.07, 6.45) is 2.60. The lowest BCUT2D eigenvalue weighted by Gasteiger charge is -2.33. The number of esters is 1. The maximum absolute atomic E-state index is 12.7. The number of benzene rings is 1. The zero-order chi connectivity index (χ0) is 22.2. The molecule has 0 bridgehead atoms. The molecule has 2 aliphatic rings. The molecule has 1 saturated carbocycles. The molecule has 11 heteroatoms. The molecule has 2 aromatic rings. The van der Waals surface area contributed by atoms with E-state index in [0.29, 0.717) is 23.8 Å². The lowest BCUT2D eigenvalue weighted by Crippen LogP contribution is -2.52. The van der Waals surface area contributed by atoms with Gasteiger partial charge in [0.1, 0.15) is 5.54 Å². The molecule has 4 amide bonds. The topological polar surface area (TPSA) is 151 Å². The first-order valence-electron chi connectivity index (χ1n) is 9.91. The highest BCUT2D eigenvalue weighted by atomic mass is 16.5. The fourth-order valence-electron chi connectivity index (χ4n) is 3.94. The number of imide groups is 1. The molecule has 1 aromatic carbocycles. The molecule has 1 aliphatic carbocycles. The number of ether oxygens (including phenoxy) is 1. The summed E-state index contributed by atoms with van der Waals surface area (Å²) in [7, 11) is 0. The van der Waals surface area contributed by atoms with Gasteiger partial charge in [0.25, 0.3) is 17.4 Å². The van der Waals surface area contributed by atoms with E-state index in [1.54, 1.807) is 12.1 Å². The van der Waals surface area contributed by atoms with Crippen molar-refractivity contribution in [1.29, 1.82) is 0 Å². The second-order valence-electron chi connectivity index (χ2n) is 7.89. The number of fused-ring (bicyclic) bond motifs is 1. The van der Waals surface area contributed by atoms with Crippen LogP contribution in [0.1, 0.15) is 43.1 Å². The average molecular weight is 427 g/mol. The van der Waals surface area contributed by atoms with Gasteiger partial charge in [-0.2, -0.15) is 10.1 Å². The van der Waals surface area contributed by atoms with Crippen molar-refractivity contribution < 1.29 is 23.9 Å². The van der Waals surface area contributed by atoms with E-state index in [-0.39, 0.29) is 16.5 Å². The number of hydrogen-bond donors (Lipinski definition) is 3. The number of carbonyl (C=O) groups excluding carboxylic acids is 4. The number of rotatable bonds is 4. The van der Waals surface area contributed by atoms with Crippen molar-refractivity contribution in [3.63, 3.8) is 0 Å². The molecule has 31 heavy (non-hydrogen) atoms. The van der Waals surface area contributed by atoms with Gasteiger partial charge in [-0.1, -0.05) is 25.1 Å². The smallest absolute Gasteiger partial charge is 0.359 e. The predicted molar refractivity (Wildman–Crippen MR) is 107 cm³/mol. The third-order valence-electron chi connectivity index (χ3n) is 5.75. The van der Waals surface area contributed by atoms with Crippen molar-refractivity contribution in [1.82, 2.24) is 25.9 Å². The molecule has 3 N–H and O–H groups in total. The van der Waals surface area contributed by atoms with Gasteiger partial charge in [-0.05, 0) is 37.7 Å². The van der Waals surface area contributed by atoms with Gasteiger partial charge >= 0.3 is 12.0 Å². The summed E-state index contributed by atoms with van der Waals surface area (Å²) in [5, 5.41) is 9.76. The van der Waals surface area contributed by atoms with E-state index in [4.69, 9.17) is 4.74 Å². The molecule has 1 saturated heterocycles. The molecular weight excluding hydrogens is 406 g/mol. The minimum absolute atomic E-state index is 0.159. The van der Waals surface area contributed by atoms with E-state index in [1.807, 2.05) is 0 Å². The van der Waals surface area contributed by atoms with Gasteiger partial charge in [0, 0.05) is 5.39 Å². The number of hydrogen-bond acceptors (Lipinski definition) is 7. The summed E-state index contributed by atoms with van der Waals surface area (Å²) in [6.45, 7) is 1.34. The molecule has 162 valence electrons. The summed E-state index contributed by atoms with van der Waals surface area (Å²) < 4.78 is 4.96. The lowest BCUT2D eigenvalue weighted by atomic mass is 9.77. The van der Waals surface area contributed by atoms with Gasteiger partial charge in [-0.25, -0.2) is 14.7 Å². The number of aromatic nitrogens is 2. The molecule has 0 atom stereocenters. The monoisotopic (exact) mass is 427 g/mol. The number of aromatic amines is 1. The fourth-order valence-corrected chi connectivity index (χ4v) is 3.94. The van der Waals surface area contributed by atoms with Gasteiger partial charge in [0.05, 0.1) is 5.39 Å². The van der Waals surface area contributed by atoms with Crippen LogP contribution < -0.4 is 16.3 Å². The van der Waals surface area contributed by atoms with E-state index in [2.05, 4.69) is 27.9 Å². The number of nitrogens with one attached hydrogen (secondary N) is 3. The van der Waals surface area contributed by atoms with Gasteiger partial charge in [0.2, 0.25) is 0 Å². The highest BCUT2D eigenvalue weighted by molar-refractivity contribution is 6.08. The first-order chi connectivity index (χ1) is 14.8. The SMILES string of the molecule is CC1CCC2(CC1)NC(=O)N(NC(=O)COC(=O)c1n[nH]c(=O)c3ccccc13)C2=O. The number of urea groups is 1. The third-order valence-corrected chi connectivity index (χ3v) is 5.75. The van der Waals surface area contributed by atoms with Crippen molar-refractivity contribution in [2.75, 3.05) is 6.61 Å². The Morgan fingerprint density at radius 3 is 2.58 bits per heavy atom. The lowest BCUT2D eigenvalue weighted by molar-refractivity contribution is -0.141. The molecule has 2 fully saturated rings. The van der Waals surface area contributed by atoms with Crippen molar-refractivity contribution >= 4 is 34.6 Å². The maximum atomic E-state index is 12.7. The van der Waals surface area contributed by atoms with Crippen molar-refractivity contribution in [3.05, 3.63) is 40.3 Å². The normalized spacial score (nSPS) is 23.1. The van der Waals surface area contributed by atoms with Gasteiger partial charge in [-0.3, -0.25) is 19.8 Å². The van der Waals surface area contributed by atoms with Crippen molar-refractivity contribution in [2.24, 2.45) is 5.92 Å². The van der Waals surface area contributed by atoms with Gasteiger partial charge in [-0.15, -0.1) is 0 Å². The molecule has 1 aromatic heterocycles. The predicted octanol–water partition coefficient (Wildman–Crippen LogP) is 0.612. The summed E-state index contributed by atoms with van der Waals surface area (Å²) >= 11 is 0. The summed E-state index contributed by atoms with van der Waals surface area (Å²) in [5.74, 6) is -1.84. The maximum Gasteiger partial charge on any atom is 0.359 e. The Balaban J connectivity index is 1.39. The van der Waals surface area contributed by atoms with Crippen LogP contribution in [0.3, 0.4) is 0 Å². The summed E-state index contributed by atoms with van der Waals surface area (Å²) in [4.78, 5) is 61.4. The summed E-state index contributed by atoms with van der Waals surface area (Å²) in [5.41, 5.74) is 0.575. The van der Waals surface area contributed by atoms with Crippen molar-refractivity contribution in [2.45, 2.75) is 38.1 Å². The van der Waals surface area contributed by atoms with Crippen LogP contribution in [-0.2, 0) is 14.3 Å². The van der Waals surface area contributed by atoms with Gasteiger partial charge < -0.3 is 10.1 Å². The van der Waals surface area contributed by atoms with E-state index in [0.717, 1.165) is 12.8 Å². The highest BCUT2D eigenvalue weighted by Crippen LogP contribution is 2.35. The Morgan fingerprint density at radius 1 is 1.19 bits per heavy atom. The first-order valence-corrected chi connectivity index (χ1v) is 9.91. The summed E-state index contributed by atoms with van der Waals surface area (Å²) in [6, 6.07) is 5.61. The Morgan fingerprint density at radius 2 is 1.87 bits per heavy atom. The number of H-pyrrole nitrogens is 1. The van der Waals surface area contributed by atoms with Crippen LogP contribution in [0.2, 0.25) is 0 Å². The Hall–Kier alpha value is -3.76. The molecular formula is C20H21N5O6. The largest absolute Gasteiger partial charge is 0.451 e. The molecule has 11 nitrogen and oxygen atoms in total. The van der Waals surface area contributed by atoms with Crippen LogP contribution in [0.4, 0.5) is 4.79 Å². The number of hydrazine groups is 1. The number of carbonyl (C=O) groups is 4. The first kappa shape index (κ1) is 20.5.